The van der Waals surface area contributed by atoms with E-state index in [1.807, 2.05) is 50.2 Å². The lowest BCUT2D eigenvalue weighted by atomic mass is 10.1. The lowest BCUT2D eigenvalue weighted by Crippen LogP contribution is -2.29. The molecule has 0 saturated heterocycles. The number of nitrogens with zero attached hydrogens (tertiary/aromatic N) is 1. The molecule has 2 aromatic carbocycles. The summed E-state index contributed by atoms with van der Waals surface area (Å²) in [5, 5.41) is 0.653. The molecule has 0 spiro atoms. The standard InChI is InChI=1S/C16H14BrN3OS/c1-9-6-7-10(2)11(8-9)15(21)19-20-16-18-14-12(17)4-3-5-13(14)22-16/h3-8H,1-2H3,(H,18,20)(H,19,21). The van der Waals surface area contributed by atoms with Crippen LogP contribution in [0, 0.1) is 13.8 Å². The summed E-state index contributed by atoms with van der Waals surface area (Å²) in [7, 11) is 0. The summed E-state index contributed by atoms with van der Waals surface area (Å²) in [6.07, 6.45) is 0. The third-order valence-electron chi connectivity index (χ3n) is 3.29. The van der Waals surface area contributed by atoms with Crippen LogP contribution in [0.5, 0.6) is 0 Å². The third kappa shape index (κ3) is 2.98. The Morgan fingerprint density at radius 3 is 2.82 bits per heavy atom. The number of fused-ring (bicyclic) bond motifs is 1. The van der Waals surface area contributed by atoms with E-state index >= 15 is 0 Å². The molecule has 0 aliphatic rings. The van der Waals surface area contributed by atoms with Gasteiger partial charge in [0.25, 0.3) is 5.91 Å². The minimum Gasteiger partial charge on any atom is -0.273 e. The first-order chi connectivity index (χ1) is 10.5. The van der Waals surface area contributed by atoms with Crippen molar-refractivity contribution in [2.75, 3.05) is 5.43 Å². The lowest BCUT2D eigenvalue weighted by molar-refractivity contribution is 0.0962. The molecule has 0 atom stereocenters. The molecule has 0 fully saturated rings. The van der Waals surface area contributed by atoms with Gasteiger partial charge in [-0.1, -0.05) is 35.1 Å². The summed E-state index contributed by atoms with van der Waals surface area (Å²) in [6.45, 7) is 3.89. The fourth-order valence-corrected chi connectivity index (χ4v) is 3.56. The van der Waals surface area contributed by atoms with Gasteiger partial charge in [-0.25, -0.2) is 4.98 Å². The van der Waals surface area contributed by atoms with Gasteiger partial charge >= 0.3 is 0 Å². The molecule has 1 heterocycles. The molecule has 0 aliphatic carbocycles. The molecule has 0 unspecified atom stereocenters. The first-order valence-corrected chi connectivity index (χ1v) is 8.34. The average molecular weight is 376 g/mol. The number of nitrogens with one attached hydrogen (secondary N) is 2. The van der Waals surface area contributed by atoms with Gasteiger partial charge in [0.15, 0.2) is 0 Å². The molecule has 3 rings (SSSR count). The van der Waals surface area contributed by atoms with E-state index in [2.05, 4.69) is 31.8 Å². The predicted molar refractivity (Wildman–Crippen MR) is 94.3 cm³/mol. The Bertz CT molecular complexity index is 860. The van der Waals surface area contributed by atoms with Crippen molar-refractivity contribution in [1.29, 1.82) is 0 Å². The van der Waals surface area contributed by atoms with Gasteiger partial charge in [-0.05, 0) is 53.5 Å². The van der Waals surface area contributed by atoms with Crippen LogP contribution in [0.2, 0.25) is 0 Å². The van der Waals surface area contributed by atoms with Crippen LogP contribution in [0.3, 0.4) is 0 Å². The van der Waals surface area contributed by atoms with E-state index in [1.165, 1.54) is 11.3 Å². The number of carbonyl (C=O) groups is 1. The highest BCUT2D eigenvalue weighted by Gasteiger charge is 2.11. The molecule has 0 radical (unpaired) electrons. The van der Waals surface area contributed by atoms with Gasteiger partial charge in [0.2, 0.25) is 5.13 Å². The number of amides is 1. The molecule has 0 aliphatic heterocycles. The number of carbonyl (C=O) groups excluding carboxylic acids is 1. The van der Waals surface area contributed by atoms with Gasteiger partial charge in [0, 0.05) is 10.0 Å². The number of benzene rings is 2. The van der Waals surface area contributed by atoms with Gasteiger partial charge in [-0.2, -0.15) is 0 Å². The number of aromatic nitrogens is 1. The molecule has 6 heteroatoms. The van der Waals surface area contributed by atoms with Crippen molar-refractivity contribution in [3.63, 3.8) is 0 Å². The zero-order valence-electron chi connectivity index (χ0n) is 12.1. The van der Waals surface area contributed by atoms with Crippen molar-refractivity contribution < 1.29 is 4.79 Å². The Hall–Kier alpha value is -1.92. The van der Waals surface area contributed by atoms with E-state index in [-0.39, 0.29) is 5.91 Å². The van der Waals surface area contributed by atoms with Crippen LogP contribution in [-0.2, 0) is 0 Å². The monoisotopic (exact) mass is 375 g/mol. The van der Waals surface area contributed by atoms with Crippen molar-refractivity contribution in [3.8, 4) is 0 Å². The maximum Gasteiger partial charge on any atom is 0.269 e. The number of rotatable bonds is 3. The molecule has 1 amide bonds. The number of hydrogen-bond acceptors (Lipinski definition) is 4. The van der Waals surface area contributed by atoms with E-state index < -0.39 is 0 Å². The summed E-state index contributed by atoms with van der Waals surface area (Å²) >= 11 is 4.96. The van der Waals surface area contributed by atoms with Gasteiger partial charge in [0.1, 0.15) is 0 Å². The molecule has 2 N–H and O–H groups in total. The van der Waals surface area contributed by atoms with Gasteiger partial charge < -0.3 is 0 Å². The SMILES string of the molecule is Cc1ccc(C)c(C(=O)NNc2nc3c(Br)cccc3s2)c1. The van der Waals surface area contributed by atoms with E-state index in [0.29, 0.717) is 10.7 Å². The molecular formula is C16H14BrN3OS. The maximum absolute atomic E-state index is 12.3. The van der Waals surface area contributed by atoms with Gasteiger partial charge in [-0.15, -0.1) is 0 Å². The van der Waals surface area contributed by atoms with Crippen molar-refractivity contribution in [1.82, 2.24) is 10.4 Å². The summed E-state index contributed by atoms with van der Waals surface area (Å²) < 4.78 is 1.99. The highest BCUT2D eigenvalue weighted by atomic mass is 79.9. The summed E-state index contributed by atoms with van der Waals surface area (Å²) in [5.74, 6) is -0.167. The largest absolute Gasteiger partial charge is 0.273 e. The molecule has 112 valence electrons. The summed E-state index contributed by atoms with van der Waals surface area (Å²) in [5.41, 5.74) is 9.14. The maximum atomic E-state index is 12.3. The van der Waals surface area contributed by atoms with Crippen molar-refractivity contribution in [3.05, 3.63) is 57.6 Å². The minimum atomic E-state index is -0.167. The first-order valence-electron chi connectivity index (χ1n) is 6.73. The third-order valence-corrected chi connectivity index (χ3v) is 4.87. The summed E-state index contributed by atoms with van der Waals surface area (Å²) in [4.78, 5) is 16.7. The second kappa shape index (κ2) is 6.06. The number of hydrogen-bond donors (Lipinski definition) is 2. The quantitative estimate of drug-likeness (QED) is 0.665. The Balaban J connectivity index is 1.77. The van der Waals surface area contributed by atoms with Crippen molar-refractivity contribution in [2.45, 2.75) is 13.8 Å². The number of anilines is 1. The molecule has 0 saturated carbocycles. The zero-order valence-corrected chi connectivity index (χ0v) is 14.5. The Morgan fingerprint density at radius 2 is 2.05 bits per heavy atom. The smallest absolute Gasteiger partial charge is 0.269 e. The van der Waals surface area contributed by atoms with Crippen LogP contribution in [0.25, 0.3) is 10.2 Å². The Kier molecular flexibility index (Phi) is 4.13. The normalized spacial score (nSPS) is 10.7. The molecule has 4 nitrogen and oxygen atoms in total. The molecule has 3 aromatic rings. The molecule has 22 heavy (non-hydrogen) atoms. The Labute approximate surface area is 140 Å². The van der Waals surface area contributed by atoms with Crippen LogP contribution in [0.4, 0.5) is 5.13 Å². The van der Waals surface area contributed by atoms with Crippen LogP contribution in [-0.4, -0.2) is 10.9 Å². The van der Waals surface area contributed by atoms with E-state index in [9.17, 15) is 4.79 Å². The van der Waals surface area contributed by atoms with Crippen molar-refractivity contribution in [2.24, 2.45) is 0 Å². The molecule has 1 aromatic heterocycles. The zero-order chi connectivity index (χ0) is 15.7. The van der Waals surface area contributed by atoms with Crippen molar-refractivity contribution >= 4 is 48.5 Å². The highest BCUT2D eigenvalue weighted by Crippen LogP contribution is 2.30. The molecular weight excluding hydrogens is 362 g/mol. The number of hydrazine groups is 1. The van der Waals surface area contributed by atoms with Crippen LogP contribution >= 0.6 is 27.3 Å². The summed E-state index contributed by atoms with van der Waals surface area (Å²) in [6, 6.07) is 11.7. The fourth-order valence-electron chi connectivity index (χ4n) is 2.13. The first kappa shape index (κ1) is 15.0. The topological polar surface area (TPSA) is 54.0 Å². The number of para-hydroxylation sites is 1. The number of aryl methyl sites for hydroxylation is 2. The Morgan fingerprint density at radius 1 is 1.23 bits per heavy atom. The van der Waals surface area contributed by atoms with Crippen LogP contribution in [0.1, 0.15) is 21.5 Å². The van der Waals surface area contributed by atoms with E-state index in [1.54, 1.807) is 0 Å². The lowest BCUT2D eigenvalue weighted by Gasteiger charge is -2.08. The minimum absolute atomic E-state index is 0.167. The highest BCUT2D eigenvalue weighted by molar-refractivity contribution is 9.10. The van der Waals surface area contributed by atoms with E-state index in [0.717, 1.165) is 25.8 Å². The second-order valence-electron chi connectivity index (χ2n) is 5.00. The van der Waals surface area contributed by atoms with Gasteiger partial charge in [0.05, 0.1) is 10.2 Å². The molecule has 0 bridgehead atoms. The average Bonchev–Trinajstić information content (AvgIpc) is 2.92. The number of halogens is 1. The fraction of sp³-hybridized carbons (Fsp3) is 0.125. The van der Waals surface area contributed by atoms with Crippen LogP contribution < -0.4 is 10.9 Å². The second-order valence-corrected chi connectivity index (χ2v) is 6.89. The number of thiazole rings is 1. The van der Waals surface area contributed by atoms with Crippen LogP contribution in [0.15, 0.2) is 40.9 Å². The van der Waals surface area contributed by atoms with Gasteiger partial charge in [-0.3, -0.25) is 15.6 Å². The van der Waals surface area contributed by atoms with E-state index in [4.69, 9.17) is 0 Å². The predicted octanol–water partition coefficient (Wildman–Crippen LogP) is 4.43.